The van der Waals surface area contributed by atoms with Gasteiger partial charge in [-0.1, -0.05) is 60.7 Å². The Morgan fingerprint density at radius 3 is 1.52 bits per heavy atom. The molecular formula is C23H20IP. The highest BCUT2D eigenvalue weighted by molar-refractivity contribution is 7.90. The van der Waals surface area contributed by atoms with Crippen molar-refractivity contribution < 1.29 is 24.0 Å². The number of hydrogen-bond donors (Lipinski definition) is 0. The van der Waals surface area contributed by atoms with Gasteiger partial charge in [0.2, 0.25) is 0 Å². The summed E-state index contributed by atoms with van der Waals surface area (Å²) in [6, 6.07) is 27.1. The first kappa shape index (κ1) is 17.0. The highest BCUT2D eigenvalue weighted by atomic mass is 127. The predicted octanol–water partition coefficient (Wildman–Crippen LogP) is 2.60. The van der Waals surface area contributed by atoms with Crippen LogP contribution in [-0.2, 0) is 0 Å². The lowest BCUT2D eigenvalue weighted by molar-refractivity contribution is -0.00000458. The van der Waals surface area contributed by atoms with E-state index in [1.54, 1.807) is 10.6 Å². The number of benzene rings is 4. The van der Waals surface area contributed by atoms with Crippen LogP contribution >= 0.6 is 7.26 Å². The van der Waals surface area contributed by atoms with Crippen molar-refractivity contribution >= 4 is 39.4 Å². The summed E-state index contributed by atoms with van der Waals surface area (Å²) in [4.78, 5) is 0. The molecule has 0 saturated carbocycles. The molecule has 5 rings (SSSR count). The van der Waals surface area contributed by atoms with Gasteiger partial charge in [-0.05, 0) is 40.6 Å². The van der Waals surface area contributed by atoms with Gasteiger partial charge >= 0.3 is 0 Å². The maximum Gasteiger partial charge on any atom is 0.107 e. The van der Waals surface area contributed by atoms with Crippen LogP contribution < -0.4 is 34.6 Å². The lowest BCUT2D eigenvalue weighted by atomic mass is 9.94. The maximum absolute atomic E-state index is 2.52. The fraction of sp³-hybridized carbons (Fsp3) is 0.130. The van der Waals surface area contributed by atoms with E-state index in [1.165, 1.54) is 38.8 Å². The normalized spacial score (nSPS) is 14.2. The average Bonchev–Trinajstić information content (AvgIpc) is 2.92. The largest absolute Gasteiger partial charge is 1.00 e. The van der Waals surface area contributed by atoms with Gasteiger partial charge in [-0.15, -0.1) is 0 Å². The summed E-state index contributed by atoms with van der Waals surface area (Å²) in [5, 5.41) is 8.69. The van der Waals surface area contributed by atoms with Crippen molar-refractivity contribution in [1.29, 1.82) is 0 Å². The van der Waals surface area contributed by atoms with Crippen molar-refractivity contribution in [3.05, 3.63) is 72.8 Å². The zero-order chi connectivity index (χ0) is 16.3. The number of halogens is 1. The molecule has 0 radical (unpaired) electrons. The van der Waals surface area contributed by atoms with Gasteiger partial charge in [-0.3, -0.25) is 0 Å². The van der Waals surface area contributed by atoms with E-state index in [-0.39, 0.29) is 24.0 Å². The number of fused-ring (bicyclic) bond motifs is 7. The molecule has 0 spiro atoms. The van der Waals surface area contributed by atoms with E-state index in [0.29, 0.717) is 0 Å². The minimum atomic E-state index is -1.29. The summed E-state index contributed by atoms with van der Waals surface area (Å²) in [5.41, 5.74) is 3.00. The van der Waals surface area contributed by atoms with Crippen molar-refractivity contribution in [3.63, 3.8) is 0 Å². The lowest BCUT2D eigenvalue weighted by Gasteiger charge is -2.17. The van der Waals surface area contributed by atoms with Gasteiger partial charge in [0.05, 0.1) is 20.1 Å². The van der Waals surface area contributed by atoms with Crippen LogP contribution in [0.2, 0.25) is 0 Å². The van der Waals surface area contributed by atoms with Crippen LogP contribution in [0.25, 0.3) is 32.7 Å². The maximum atomic E-state index is 2.52. The molecule has 1 aliphatic heterocycles. The van der Waals surface area contributed by atoms with Crippen LogP contribution in [0, 0.1) is 0 Å². The Balaban J connectivity index is 0.00000157. The first-order valence-corrected chi connectivity index (χ1v) is 11.1. The lowest BCUT2D eigenvalue weighted by Crippen LogP contribution is -3.00. The molecule has 0 aliphatic carbocycles. The molecule has 0 bridgehead atoms. The molecule has 0 fully saturated rings. The minimum Gasteiger partial charge on any atom is -1.00 e. The molecule has 1 heterocycles. The second-order valence-corrected chi connectivity index (χ2v) is 10.8. The van der Waals surface area contributed by atoms with Gasteiger partial charge in [0.25, 0.3) is 0 Å². The Bertz CT molecular complexity index is 1030. The Morgan fingerprint density at radius 2 is 1.08 bits per heavy atom. The second-order valence-electron chi connectivity index (χ2n) is 6.87. The third-order valence-corrected chi connectivity index (χ3v) is 9.90. The molecule has 25 heavy (non-hydrogen) atoms. The van der Waals surface area contributed by atoms with E-state index in [0.717, 1.165) is 0 Å². The number of hydrogen-bond acceptors (Lipinski definition) is 0. The minimum absolute atomic E-state index is 0. The van der Waals surface area contributed by atoms with Gasteiger partial charge in [0, 0.05) is 11.1 Å². The van der Waals surface area contributed by atoms with E-state index in [2.05, 4.69) is 86.4 Å². The van der Waals surface area contributed by atoms with E-state index in [1.807, 2.05) is 0 Å². The summed E-state index contributed by atoms with van der Waals surface area (Å²) >= 11 is 0. The topological polar surface area (TPSA) is 0 Å². The van der Waals surface area contributed by atoms with Crippen LogP contribution in [0.15, 0.2) is 72.8 Å². The van der Waals surface area contributed by atoms with E-state index in [9.17, 15) is 0 Å². The smallest absolute Gasteiger partial charge is 0.107 e. The van der Waals surface area contributed by atoms with Crippen LogP contribution in [0.4, 0.5) is 0 Å². The second kappa shape index (κ2) is 6.07. The molecule has 0 amide bonds. The van der Waals surface area contributed by atoms with Crippen LogP contribution in [0.1, 0.15) is 6.92 Å². The van der Waals surface area contributed by atoms with Gasteiger partial charge in [-0.25, -0.2) is 0 Å². The SMILES string of the molecule is CC[P+]1(C)c2ccc3ccccc3c2-c2c1ccc1ccccc21.[I-]. The van der Waals surface area contributed by atoms with E-state index in [4.69, 9.17) is 0 Å². The average molecular weight is 454 g/mol. The van der Waals surface area contributed by atoms with Crippen molar-refractivity contribution in [2.24, 2.45) is 0 Å². The van der Waals surface area contributed by atoms with Crippen molar-refractivity contribution in [3.8, 4) is 11.1 Å². The third kappa shape index (κ3) is 2.22. The third-order valence-electron chi connectivity index (χ3n) is 5.76. The monoisotopic (exact) mass is 454 g/mol. The van der Waals surface area contributed by atoms with Crippen LogP contribution in [-0.4, -0.2) is 12.8 Å². The Hall–Kier alpha value is -1.44. The quantitative estimate of drug-likeness (QED) is 0.307. The summed E-state index contributed by atoms with van der Waals surface area (Å²) in [6.45, 7) is 4.87. The molecule has 0 N–H and O–H groups in total. The summed E-state index contributed by atoms with van der Waals surface area (Å²) in [5.74, 6) is 0. The molecule has 4 aromatic carbocycles. The summed E-state index contributed by atoms with van der Waals surface area (Å²) in [7, 11) is -1.29. The van der Waals surface area contributed by atoms with E-state index >= 15 is 0 Å². The highest BCUT2D eigenvalue weighted by Crippen LogP contribution is 2.61. The van der Waals surface area contributed by atoms with Crippen molar-refractivity contribution in [1.82, 2.24) is 0 Å². The first-order chi connectivity index (χ1) is 11.7. The molecule has 0 saturated heterocycles. The van der Waals surface area contributed by atoms with Crippen molar-refractivity contribution in [2.75, 3.05) is 12.8 Å². The molecule has 0 atom stereocenters. The molecule has 4 aromatic rings. The van der Waals surface area contributed by atoms with Crippen LogP contribution in [0.3, 0.4) is 0 Å². The standard InChI is InChI=1S/C23H20P.HI/c1-3-24(2)20-14-12-16-8-4-6-10-18(16)22(20)23-19-11-7-5-9-17(19)13-15-21(23)24;/h4-15H,3H2,1-2H3;1H/q+1;/p-1. The predicted molar refractivity (Wildman–Crippen MR) is 110 cm³/mol. The van der Waals surface area contributed by atoms with Gasteiger partial charge in [0.15, 0.2) is 0 Å². The Labute approximate surface area is 166 Å². The molecule has 2 heteroatoms. The van der Waals surface area contributed by atoms with E-state index < -0.39 is 7.26 Å². The van der Waals surface area contributed by atoms with Gasteiger partial charge in [-0.2, -0.15) is 0 Å². The zero-order valence-electron chi connectivity index (χ0n) is 14.5. The van der Waals surface area contributed by atoms with Crippen LogP contribution in [0.5, 0.6) is 0 Å². The highest BCUT2D eigenvalue weighted by Gasteiger charge is 2.47. The zero-order valence-corrected chi connectivity index (χ0v) is 17.5. The van der Waals surface area contributed by atoms with Gasteiger partial charge < -0.3 is 24.0 Å². The van der Waals surface area contributed by atoms with Gasteiger partial charge in [0.1, 0.15) is 10.6 Å². The molecule has 1 aliphatic rings. The van der Waals surface area contributed by atoms with Crippen molar-refractivity contribution in [2.45, 2.75) is 6.92 Å². The molecule has 124 valence electrons. The summed E-state index contributed by atoms with van der Waals surface area (Å²) in [6.07, 6.45) is 1.23. The molecule has 0 nitrogen and oxygen atoms in total. The molecule has 0 aromatic heterocycles. The summed E-state index contributed by atoms with van der Waals surface area (Å²) < 4.78 is 0. The Morgan fingerprint density at radius 1 is 0.640 bits per heavy atom. The first-order valence-electron chi connectivity index (χ1n) is 8.64. The molecule has 0 unspecified atom stereocenters. The molecular weight excluding hydrogens is 434 g/mol. The number of rotatable bonds is 1. The fourth-order valence-electron chi connectivity index (χ4n) is 4.34. The Kier molecular flexibility index (Phi) is 4.13. The fourth-order valence-corrected chi connectivity index (χ4v) is 7.54.